The molecular weight excluding hydrogens is 202 g/mol. The standard InChI is InChI=1S/C12H21N3O/c1-3-4-7-15(8-9-16)12-11(13)10(2)5-6-14-12/h5-6,16H,3-4,7-9,13H2,1-2H3. The molecule has 0 spiro atoms. The molecule has 1 rings (SSSR count). The van der Waals surface area contributed by atoms with Crippen molar-refractivity contribution in [3.63, 3.8) is 0 Å². The van der Waals surface area contributed by atoms with Crippen molar-refractivity contribution in [2.75, 3.05) is 30.3 Å². The van der Waals surface area contributed by atoms with Crippen molar-refractivity contribution in [1.82, 2.24) is 4.98 Å². The molecule has 90 valence electrons. The monoisotopic (exact) mass is 223 g/mol. The van der Waals surface area contributed by atoms with Crippen LogP contribution in [0.5, 0.6) is 0 Å². The van der Waals surface area contributed by atoms with Crippen LogP contribution in [-0.2, 0) is 0 Å². The van der Waals surface area contributed by atoms with Gasteiger partial charge in [0.1, 0.15) is 0 Å². The summed E-state index contributed by atoms with van der Waals surface area (Å²) >= 11 is 0. The third kappa shape index (κ3) is 3.10. The van der Waals surface area contributed by atoms with Gasteiger partial charge in [0.05, 0.1) is 12.3 Å². The molecule has 0 unspecified atom stereocenters. The van der Waals surface area contributed by atoms with Gasteiger partial charge in [-0.25, -0.2) is 4.98 Å². The van der Waals surface area contributed by atoms with Gasteiger partial charge < -0.3 is 15.7 Å². The molecule has 16 heavy (non-hydrogen) atoms. The highest BCUT2D eigenvalue weighted by atomic mass is 16.3. The minimum Gasteiger partial charge on any atom is -0.396 e. The quantitative estimate of drug-likeness (QED) is 0.768. The Balaban J connectivity index is 2.86. The Morgan fingerprint density at radius 3 is 2.81 bits per heavy atom. The van der Waals surface area contributed by atoms with Crippen LogP contribution in [0, 0.1) is 6.92 Å². The lowest BCUT2D eigenvalue weighted by Crippen LogP contribution is -2.29. The number of aliphatic hydroxyl groups is 1. The van der Waals surface area contributed by atoms with E-state index in [-0.39, 0.29) is 6.61 Å². The van der Waals surface area contributed by atoms with Crippen LogP contribution < -0.4 is 10.6 Å². The van der Waals surface area contributed by atoms with E-state index < -0.39 is 0 Å². The first-order chi connectivity index (χ1) is 7.70. The summed E-state index contributed by atoms with van der Waals surface area (Å²) in [6, 6.07) is 1.90. The number of pyridine rings is 1. The zero-order valence-corrected chi connectivity index (χ0v) is 10.1. The number of hydrogen-bond acceptors (Lipinski definition) is 4. The molecule has 0 bridgehead atoms. The molecule has 4 heteroatoms. The van der Waals surface area contributed by atoms with Crippen molar-refractivity contribution in [2.24, 2.45) is 0 Å². The van der Waals surface area contributed by atoms with Gasteiger partial charge in [0, 0.05) is 19.3 Å². The fourth-order valence-corrected chi connectivity index (χ4v) is 1.60. The van der Waals surface area contributed by atoms with Gasteiger partial charge >= 0.3 is 0 Å². The van der Waals surface area contributed by atoms with Gasteiger partial charge in [-0.3, -0.25) is 0 Å². The smallest absolute Gasteiger partial charge is 0.152 e. The summed E-state index contributed by atoms with van der Waals surface area (Å²) in [5, 5.41) is 9.05. The zero-order chi connectivity index (χ0) is 12.0. The molecule has 0 aliphatic heterocycles. The number of nitrogens with two attached hydrogens (primary N) is 1. The lowest BCUT2D eigenvalue weighted by Gasteiger charge is -2.24. The van der Waals surface area contributed by atoms with Crippen molar-refractivity contribution in [1.29, 1.82) is 0 Å². The molecule has 1 aromatic rings. The third-order valence-corrected chi connectivity index (χ3v) is 2.64. The molecule has 0 radical (unpaired) electrons. The third-order valence-electron chi connectivity index (χ3n) is 2.64. The maximum atomic E-state index is 9.05. The lowest BCUT2D eigenvalue weighted by atomic mass is 10.2. The Hall–Kier alpha value is -1.29. The van der Waals surface area contributed by atoms with Crippen molar-refractivity contribution in [2.45, 2.75) is 26.7 Å². The summed E-state index contributed by atoms with van der Waals surface area (Å²) in [4.78, 5) is 6.35. The molecule has 4 nitrogen and oxygen atoms in total. The fourth-order valence-electron chi connectivity index (χ4n) is 1.60. The van der Waals surface area contributed by atoms with Crippen molar-refractivity contribution < 1.29 is 5.11 Å². The number of aliphatic hydroxyl groups excluding tert-OH is 1. The lowest BCUT2D eigenvalue weighted by molar-refractivity contribution is 0.301. The van der Waals surface area contributed by atoms with E-state index in [1.165, 1.54) is 0 Å². The molecule has 0 saturated heterocycles. The number of rotatable bonds is 6. The van der Waals surface area contributed by atoms with Crippen LogP contribution in [0.25, 0.3) is 0 Å². The number of aryl methyl sites for hydroxylation is 1. The van der Waals surface area contributed by atoms with Crippen LogP contribution in [0.3, 0.4) is 0 Å². The Morgan fingerprint density at radius 2 is 2.19 bits per heavy atom. The van der Waals surface area contributed by atoms with Gasteiger partial charge in [-0.15, -0.1) is 0 Å². The molecule has 0 aliphatic rings. The summed E-state index contributed by atoms with van der Waals surface area (Å²) in [5.74, 6) is 0.794. The normalized spacial score (nSPS) is 10.4. The number of nitrogens with zero attached hydrogens (tertiary/aromatic N) is 2. The highest BCUT2D eigenvalue weighted by Crippen LogP contribution is 2.23. The second kappa shape index (κ2) is 6.33. The molecule has 0 aromatic carbocycles. The Labute approximate surface area is 97.1 Å². The summed E-state index contributed by atoms with van der Waals surface area (Å²) < 4.78 is 0. The first-order valence-corrected chi connectivity index (χ1v) is 5.77. The number of nitrogen functional groups attached to an aromatic ring is 1. The number of anilines is 2. The highest BCUT2D eigenvalue weighted by molar-refractivity contribution is 5.66. The summed E-state index contributed by atoms with van der Waals surface area (Å²) in [6.45, 7) is 5.71. The molecule has 0 atom stereocenters. The fraction of sp³-hybridized carbons (Fsp3) is 0.583. The van der Waals surface area contributed by atoms with Gasteiger partial charge in [-0.05, 0) is 25.0 Å². The predicted molar refractivity (Wildman–Crippen MR) is 67.6 cm³/mol. The maximum absolute atomic E-state index is 9.05. The van der Waals surface area contributed by atoms with Gasteiger partial charge in [0.2, 0.25) is 0 Å². The zero-order valence-electron chi connectivity index (χ0n) is 10.1. The minimum atomic E-state index is 0.124. The van der Waals surface area contributed by atoms with Crippen LogP contribution in [-0.4, -0.2) is 29.8 Å². The van der Waals surface area contributed by atoms with Crippen molar-refractivity contribution in [3.8, 4) is 0 Å². The van der Waals surface area contributed by atoms with Crippen LogP contribution in [0.2, 0.25) is 0 Å². The van der Waals surface area contributed by atoms with Crippen molar-refractivity contribution >= 4 is 11.5 Å². The summed E-state index contributed by atoms with van der Waals surface area (Å²) in [6.07, 6.45) is 3.96. The number of unbranched alkanes of at least 4 members (excludes halogenated alkanes) is 1. The summed E-state index contributed by atoms with van der Waals surface area (Å²) in [5.41, 5.74) is 7.75. The second-order valence-corrected chi connectivity index (χ2v) is 3.93. The first-order valence-electron chi connectivity index (χ1n) is 5.77. The SMILES string of the molecule is CCCCN(CCO)c1nccc(C)c1N. The molecular formula is C12H21N3O. The molecule has 1 heterocycles. The number of hydrogen-bond donors (Lipinski definition) is 2. The van der Waals surface area contributed by atoms with E-state index in [4.69, 9.17) is 10.8 Å². The van der Waals surface area contributed by atoms with E-state index >= 15 is 0 Å². The molecule has 0 amide bonds. The Bertz CT molecular complexity index is 328. The molecule has 0 saturated carbocycles. The minimum absolute atomic E-state index is 0.124. The predicted octanol–water partition coefficient (Wildman–Crippen LogP) is 1.57. The molecule has 0 fully saturated rings. The topological polar surface area (TPSA) is 62.4 Å². The molecule has 0 aliphatic carbocycles. The largest absolute Gasteiger partial charge is 0.396 e. The van der Waals surface area contributed by atoms with E-state index in [0.717, 1.165) is 30.8 Å². The van der Waals surface area contributed by atoms with Crippen LogP contribution in [0.4, 0.5) is 11.5 Å². The Kier molecular flexibility index (Phi) is 5.05. The first kappa shape index (κ1) is 12.8. The van der Waals surface area contributed by atoms with E-state index in [0.29, 0.717) is 12.2 Å². The number of aromatic nitrogens is 1. The van der Waals surface area contributed by atoms with Crippen LogP contribution in [0.15, 0.2) is 12.3 Å². The van der Waals surface area contributed by atoms with Gasteiger partial charge in [0.15, 0.2) is 5.82 Å². The van der Waals surface area contributed by atoms with Crippen LogP contribution >= 0.6 is 0 Å². The van der Waals surface area contributed by atoms with Gasteiger partial charge in [-0.2, -0.15) is 0 Å². The highest BCUT2D eigenvalue weighted by Gasteiger charge is 2.11. The van der Waals surface area contributed by atoms with Gasteiger partial charge in [-0.1, -0.05) is 13.3 Å². The van der Waals surface area contributed by atoms with E-state index in [2.05, 4.69) is 11.9 Å². The van der Waals surface area contributed by atoms with Crippen molar-refractivity contribution in [3.05, 3.63) is 17.8 Å². The van der Waals surface area contributed by atoms with Gasteiger partial charge in [0.25, 0.3) is 0 Å². The van der Waals surface area contributed by atoms with Crippen LogP contribution in [0.1, 0.15) is 25.3 Å². The average Bonchev–Trinajstić information content (AvgIpc) is 2.28. The Morgan fingerprint density at radius 1 is 1.44 bits per heavy atom. The van der Waals surface area contributed by atoms with E-state index in [1.807, 2.05) is 17.9 Å². The molecule has 3 N–H and O–H groups in total. The van der Waals surface area contributed by atoms with E-state index in [9.17, 15) is 0 Å². The summed E-state index contributed by atoms with van der Waals surface area (Å²) in [7, 11) is 0. The average molecular weight is 223 g/mol. The maximum Gasteiger partial charge on any atom is 0.152 e. The van der Waals surface area contributed by atoms with E-state index in [1.54, 1.807) is 6.20 Å². The second-order valence-electron chi connectivity index (χ2n) is 3.93. The molecule has 1 aromatic heterocycles.